The molecule has 2 rings (SSSR count). The van der Waals surface area contributed by atoms with Gasteiger partial charge in [0.15, 0.2) is 5.78 Å². The van der Waals surface area contributed by atoms with Crippen LogP contribution in [0.4, 0.5) is 0 Å². The Morgan fingerprint density at radius 3 is 2.50 bits per heavy atom. The normalized spacial score (nSPS) is 10.5. The van der Waals surface area contributed by atoms with Crippen LogP contribution in [0.1, 0.15) is 22.8 Å². The zero-order valence-corrected chi connectivity index (χ0v) is 11.6. The van der Waals surface area contributed by atoms with Gasteiger partial charge in [-0.3, -0.25) is 19.1 Å². The summed E-state index contributed by atoms with van der Waals surface area (Å²) in [4.78, 5) is 36.8. The summed E-state index contributed by atoms with van der Waals surface area (Å²) in [6.45, 7) is 1.86. The van der Waals surface area contributed by atoms with Crippen LogP contribution >= 0.6 is 11.6 Å². The Labute approximate surface area is 119 Å². The van der Waals surface area contributed by atoms with Crippen LogP contribution in [-0.2, 0) is 13.0 Å². The fourth-order valence-corrected chi connectivity index (χ4v) is 1.94. The molecule has 6 heteroatoms. The number of hydrogen-bond acceptors (Lipinski definition) is 3. The molecule has 1 heterocycles. The van der Waals surface area contributed by atoms with Crippen molar-refractivity contribution < 1.29 is 4.79 Å². The number of aromatic nitrogens is 2. The van der Waals surface area contributed by atoms with Crippen LogP contribution in [0.5, 0.6) is 0 Å². The molecule has 0 bridgehead atoms. The van der Waals surface area contributed by atoms with Gasteiger partial charge in [-0.25, -0.2) is 4.79 Å². The number of benzene rings is 1. The van der Waals surface area contributed by atoms with E-state index in [1.807, 2.05) is 24.0 Å². The van der Waals surface area contributed by atoms with Gasteiger partial charge in [0.1, 0.15) is 5.02 Å². The number of ketones is 1. The molecule has 0 atom stereocenters. The first-order chi connectivity index (χ1) is 9.51. The Balaban J connectivity index is 2.25. The van der Waals surface area contributed by atoms with Gasteiger partial charge in [-0.1, -0.05) is 42.8 Å². The molecule has 0 unspecified atom stereocenters. The van der Waals surface area contributed by atoms with E-state index in [1.54, 1.807) is 12.1 Å². The van der Waals surface area contributed by atoms with E-state index in [-0.39, 0.29) is 17.4 Å². The van der Waals surface area contributed by atoms with Crippen molar-refractivity contribution in [3.8, 4) is 0 Å². The second-order valence-corrected chi connectivity index (χ2v) is 4.75. The van der Waals surface area contributed by atoms with Crippen molar-refractivity contribution in [2.75, 3.05) is 0 Å². The van der Waals surface area contributed by atoms with Gasteiger partial charge in [0.05, 0.1) is 6.54 Å². The lowest BCUT2D eigenvalue weighted by atomic mass is 10.1. The molecule has 5 nitrogen and oxygen atoms in total. The predicted octanol–water partition coefficient (Wildman–Crippen LogP) is 1.64. The molecule has 104 valence electrons. The number of nitrogens with one attached hydrogen (secondary N) is 1. The molecule has 0 radical (unpaired) electrons. The molecule has 0 aliphatic rings. The number of Topliss-reactive ketones (excluding diaryl/α,β-unsaturated/α-hetero) is 1. The lowest BCUT2D eigenvalue weighted by Gasteiger charge is -2.05. The third-order valence-corrected chi connectivity index (χ3v) is 3.23. The molecule has 0 aliphatic carbocycles. The molecule has 0 amide bonds. The van der Waals surface area contributed by atoms with Gasteiger partial charge < -0.3 is 0 Å². The van der Waals surface area contributed by atoms with E-state index in [0.29, 0.717) is 5.56 Å². The van der Waals surface area contributed by atoms with Gasteiger partial charge in [0, 0.05) is 11.8 Å². The Hall–Kier alpha value is -2.14. The molecule has 1 N–H and O–H groups in total. The Kier molecular flexibility index (Phi) is 4.20. The van der Waals surface area contributed by atoms with E-state index < -0.39 is 11.2 Å². The third kappa shape index (κ3) is 3.05. The summed E-state index contributed by atoms with van der Waals surface area (Å²) >= 11 is 5.64. The van der Waals surface area contributed by atoms with Crippen molar-refractivity contribution in [3.63, 3.8) is 0 Å². The standard InChI is InChI=1S/C14H13ClN2O3/c1-2-9-3-5-10(6-4-9)12(18)8-17-7-11(15)13(19)16-14(17)20/h3-7H,2,8H2,1H3,(H,16,19,20). The lowest BCUT2D eigenvalue weighted by Crippen LogP contribution is -2.31. The number of halogens is 1. The van der Waals surface area contributed by atoms with Crippen molar-refractivity contribution in [3.05, 3.63) is 67.4 Å². The lowest BCUT2D eigenvalue weighted by molar-refractivity contribution is 0.0970. The van der Waals surface area contributed by atoms with Crippen molar-refractivity contribution >= 4 is 17.4 Å². The van der Waals surface area contributed by atoms with Crippen LogP contribution in [-0.4, -0.2) is 15.3 Å². The van der Waals surface area contributed by atoms with Crippen LogP contribution in [0.15, 0.2) is 40.1 Å². The predicted molar refractivity (Wildman–Crippen MR) is 76.5 cm³/mol. The number of hydrogen-bond donors (Lipinski definition) is 1. The average molecular weight is 293 g/mol. The zero-order chi connectivity index (χ0) is 14.7. The minimum atomic E-state index is -0.660. The molecule has 0 fully saturated rings. The molecular weight excluding hydrogens is 280 g/mol. The highest BCUT2D eigenvalue weighted by molar-refractivity contribution is 6.30. The smallest absolute Gasteiger partial charge is 0.292 e. The first-order valence-electron chi connectivity index (χ1n) is 6.12. The van der Waals surface area contributed by atoms with Gasteiger partial charge >= 0.3 is 5.69 Å². The monoisotopic (exact) mass is 292 g/mol. The zero-order valence-electron chi connectivity index (χ0n) is 10.9. The van der Waals surface area contributed by atoms with E-state index in [4.69, 9.17) is 11.6 Å². The summed E-state index contributed by atoms with van der Waals surface area (Å²) < 4.78 is 1.08. The topological polar surface area (TPSA) is 71.9 Å². The van der Waals surface area contributed by atoms with E-state index in [0.717, 1.165) is 16.6 Å². The second kappa shape index (κ2) is 5.88. The first-order valence-corrected chi connectivity index (χ1v) is 6.50. The molecule has 20 heavy (non-hydrogen) atoms. The molecule has 2 aromatic rings. The first kappa shape index (κ1) is 14.3. The van der Waals surface area contributed by atoms with E-state index in [9.17, 15) is 14.4 Å². The summed E-state index contributed by atoms with van der Waals surface area (Å²) in [5, 5.41) is -0.126. The number of carbonyl (C=O) groups excluding carboxylic acids is 1. The minimum absolute atomic E-state index is 0.126. The summed E-state index contributed by atoms with van der Waals surface area (Å²) in [5.74, 6) is -0.224. The average Bonchev–Trinajstić information content (AvgIpc) is 2.44. The molecule has 0 saturated carbocycles. The highest BCUT2D eigenvalue weighted by Crippen LogP contribution is 2.07. The van der Waals surface area contributed by atoms with Crippen molar-refractivity contribution in [2.45, 2.75) is 19.9 Å². The SMILES string of the molecule is CCc1ccc(C(=O)Cn2cc(Cl)c(=O)[nH]c2=O)cc1. The van der Waals surface area contributed by atoms with Crippen LogP contribution in [0.25, 0.3) is 0 Å². The number of rotatable bonds is 4. The van der Waals surface area contributed by atoms with E-state index in [2.05, 4.69) is 0 Å². The third-order valence-electron chi connectivity index (χ3n) is 2.97. The number of H-pyrrole nitrogens is 1. The number of aryl methyl sites for hydroxylation is 1. The number of aromatic amines is 1. The van der Waals surface area contributed by atoms with Crippen molar-refractivity contribution in [1.82, 2.24) is 9.55 Å². The van der Waals surface area contributed by atoms with Gasteiger partial charge in [0.2, 0.25) is 0 Å². The molecule has 0 saturated heterocycles. The Morgan fingerprint density at radius 2 is 1.90 bits per heavy atom. The minimum Gasteiger partial charge on any atom is -0.292 e. The van der Waals surface area contributed by atoms with E-state index >= 15 is 0 Å². The van der Waals surface area contributed by atoms with Gasteiger partial charge in [-0.05, 0) is 12.0 Å². The molecule has 0 spiro atoms. The second-order valence-electron chi connectivity index (χ2n) is 4.34. The van der Waals surface area contributed by atoms with Gasteiger partial charge in [0.25, 0.3) is 5.56 Å². The molecule has 1 aromatic heterocycles. The molecule has 1 aromatic carbocycles. The quantitative estimate of drug-likeness (QED) is 0.871. The Bertz CT molecular complexity index is 744. The van der Waals surface area contributed by atoms with Crippen LogP contribution in [0.3, 0.4) is 0 Å². The summed E-state index contributed by atoms with van der Waals surface area (Å²) in [5.41, 5.74) is 0.327. The fourth-order valence-electron chi connectivity index (χ4n) is 1.77. The number of nitrogens with zero attached hydrogens (tertiary/aromatic N) is 1. The maximum absolute atomic E-state index is 12.1. The summed E-state index contributed by atoms with van der Waals surface area (Å²) in [6, 6.07) is 7.19. The Morgan fingerprint density at radius 1 is 1.25 bits per heavy atom. The summed E-state index contributed by atoms with van der Waals surface area (Å²) in [7, 11) is 0. The van der Waals surface area contributed by atoms with Gasteiger partial charge in [-0.2, -0.15) is 0 Å². The van der Waals surface area contributed by atoms with E-state index in [1.165, 1.54) is 6.20 Å². The van der Waals surface area contributed by atoms with Crippen molar-refractivity contribution in [2.24, 2.45) is 0 Å². The van der Waals surface area contributed by atoms with Crippen LogP contribution in [0.2, 0.25) is 5.02 Å². The van der Waals surface area contributed by atoms with Gasteiger partial charge in [-0.15, -0.1) is 0 Å². The molecule has 0 aliphatic heterocycles. The van der Waals surface area contributed by atoms with Crippen LogP contribution in [0, 0.1) is 0 Å². The highest BCUT2D eigenvalue weighted by atomic mass is 35.5. The fraction of sp³-hybridized carbons (Fsp3) is 0.214. The highest BCUT2D eigenvalue weighted by Gasteiger charge is 2.09. The maximum atomic E-state index is 12.1. The maximum Gasteiger partial charge on any atom is 0.328 e. The van der Waals surface area contributed by atoms with Crippen molar-refractivity contribution in [1.29, 1.82) is 0 Å². The number of carbonyl (C=O) groups is 1. The van der Waals surface area contributed by atoms with Crippen LogP contribution < -0.4 is 11.2 Å². The summed E-state index contributed by atoms with van der Waals surface area (Å²) in [6.07, 6.45) is 2.06. The largest absolute Gasteiger partial charge is 0.328 e. The molecular formula is C14H13ClN2O3.